The van der Waals surface area contributed by atoms with Gasteiger partial charge in [0.15, 0.2) is 10.4 Å². The van der Waals surface area contributed by atoms with Crippen LogP contribution < -0.4 is 4.74 Å². The quantitative estimate of drug-likeness (QED) is 0.651. The summed E-state index contributed by atoms with van der Waals surface area (Å²) in [5, 5.41) is 5.08. The van der Waals surface area contributed by atoms with Gasteiger partial charge in [0.1, 0.15) is 22.8 Å². The van der Waals surface area contributed by atoms with Gasteiger partial charge >= 0.3 is 0 Å². The zero-order valence-corrected chi connectivity index (χ0v) is 14.0. The number of nitrogens with zero attached hydrogens (tertiary/aromatic N) is 5. The molecule has 1 fully saturated rings. The summed E-state index contributed by atoms with van der Waals surface area (Å²) < 4.78 is 7.65. The molecule has 0 radical (unpaired) electrons. The first-order valence-electron chi connectivity index (χ1n) is 6.78. The molecular formula is C14H11BrClN5O. The maximum atomic E-state index is 6.17. The van der Waals surface area contributed by atoms with E-state index < -0.39 is 0 Å². The summed E-state index contributed by atoms with van der Waals surface area (Å²) in [6, 6.07) is 1.90. The van der Waals surface area contributed by atoms with Crippen LogP contribution in [-0.2, 0) is 0 Å². The van der Waals surface area contributed by atoms with Crippen LogP contribution in [0.1, 0.15) is 24.5 Å². The number of hydrogen-bond donors (Lipinski definition) is 0. The molecule has 0 saturated heterocycles. The van der Waals surface area contributed by atoms with E-state index in [1.807, 2.05) is 12.3 Å². The standard InChI is InChI=1S/C14H11BrClN5O/c1-22-10-4-11-18-9(13-8(16)5-17-14(15)19-13)6-21(11)20-12(10)7-2-3-7/h4-7H,2-3H2,1H3. The molecule has 3 aromatic heterocycles. The molecule has 3 heterocycles. The molecule has 0 amide bonds. The number of rotatable bonds is 3. The number of aromatic nitrogens is 5. The largest absolute Gasteiger partial charge is 0.495 e. The van der Waals surface area contributed by atoms with Crippen LogP contribution in [0.3, 0.4) is 0 Å². The Kier molecular flexibility index (Phi) is 3.27. The van der Waals surface area contributed by atoms with Gasteiger partial charge in [-0.05, 0) is 28.8 Å². The van der Waals surface area contributed by atoms with Gasteiger partial charge in [0.25, 0.3) is 0 Å². The zero-order valence-electron chi connectivity index (χ0n) is 11.6. The molecule has 22 heavy (non-hydrogen) atoms. The first-order chi connectivity index (χ1) is 10.7. The lowest BCUT2D eigenvalue weighted by atomic mass is 10.2. The van der Waals surface area contributed by atoms with E-state index in [-0.39, 0.29) is 0 Å². The summed E-state index contributed by atoms with van der Waals surface area (Å²) in [5.41, 5.74) is 2.90. The average Bonchev–Trinajstić information content (AvgIpc) is 3.28. The van der Waals surface area contributed by atoms with Gasteiger partial charge in [0, 0.05) is 12.0 Å². The Labute approximate surface area is 139 Å². The molecule has 1 saturated carbocycles. The van der Waals surface area contributed by atoms with Crippen LogP contribution in [0.15, 0.2) is 23.2 Å². The van der Waals surface area contributed by atoms with Crippen molar-refractivity contribution in [2.45, 2.75) is 18.8 Å². The lowest BCUT2D eigenvalue weighted by Gasteiger charge is -2.06. The highest BCUT2D eigenvalue weighted by Gasteiger charge is 2.29. The summed E-state index contributed by atoms with van der Waals surface area (Å²) in [6.45, 7) is 0. The highest BCUT2D eigenvalue weighted by atomic mass is 79.9. The van der Waals surface area contributed by atoms with E-state index in [0.29, 0.717) is 32.7 Å². The minimum absolute atomic E-state index is 0.445. The molecule has 0 bridgehead atoms. The van der Waals surface area contributed by atoms with Crippen molar-refractivity contribution in [3.63, 3.8) is 0 Å². The van der Waals surface area contributed by atoms with Crippen molar-refractivity contribution in [1.82, 2.24) is 24.6 Å². The van der Waals surface area contributed by atoms with Crippen LogP contribution in [0.5, 0.6) is 5.75 Å². The summed E-state index contributed by atoms with van der Waals surface area (Å²) in [4.78, 5) is 12.8. The zero-order chi connectivity index (χ0) is 15.3. The van der Waals surface area contributed by atoms with Crippen molar-refractivity contribution in [3.8, 4) is 17.1 Å². The minimum Gasteiger partial charge on any atom is -0.495 e. The maximum Gasteiger partial charge on any atom is 0.197 e. The fourth-order valence-corrected chi connectivity index (χ4v) is 2.83. The fourth-order valence-electron chi connectivity index (χ4n) is 2.36. The Morgan fingerprint density at radius 3 is 2.91 bits per heavy atom. The van der Waals surface area contributed by atoms with E-state index in [4.69, 9.17) is 16.3 Å². The predicted octanol–water partition coefficient (Wildman–Crippen LogP) is 3.49. The predicted molar refractivity (Wildman–Crippen MR) is 85.3 cm³/mol. The van der Waals surface area contributed by atoms with E-state index in [1.54, 1.807) is 17.8 Å². The number of halogens is 2. The first-order valence-corrected chi connectivity index (χ1v) is 7.95. The highest BCUT2D eigenvalue weighted by molar-refractivity contribution is 9.10. The SMILES string of the molecule is COc1cc2nc(-c3nc(Br)ncc3Cl)cn2nc1C1CC1. The molecule has 0 unspecified atom stereocenters. The van der Waals surface area contributed by atoms with Crippen molar-refractivity contribution < 1.29 is 4.74 Å². The third kappa shape index (κ3) is 2.34. The molecule has 1 aliphatic carbocycles. The highest BCUT2D eigenvalue weighted by Crippen LogP contribution is 2.43. The van der Waals surface area contributed by atoms with E-state index in [0.717, 1.165) is 24.3 Å². The van der Waals surface area contributed by atoms with E-state index in [9.17, 15) is 0 Å². The minimum atomic E-state index is 0.445. The van der Waals surface area contributed by atoms with Crippen LogP contribution in [0.25, 0.3) is 17.0 Å². The van der Waals surface area contributed by atoms with Crippen molar-refractivity contribution in [2.75, 3.05) is 7.11 Å². The Hall–Kier alpha value is -1.73. The average molecular weight is 381 g/mol. The Bertz CT molecular complexity index is 877. The van der Waals surface area contributed by atoms with Crippen LogP contribution in [0, 0.1) is 0 Å². The Morgan fingerprint density at radius 1 is 1.36 bits per heavy atom. The number of fused-ring (bicyclic) bond motifs is 1. The summed E-state index contributed by atoms with van der Waals surface area (Å²) >= 11 is 9.42. The molecule has 0 N–H and O–H groups in total. The molecule has 0 spiro atoms. The van der Waals surface area contributed by atoms with Crippen molar-refractivity contribution in [3.05, 3.63) is 33.9 Å². The van der Waals surface area contributed by atoms with Crippen LogP contribution in [0.4, 0.5) is 0 Å². The molecule has 3 aromatic rings. The third-order valence-corrected chi connectivity index (χ3v) is 4.24. The summed E-state index contributed by atoms with van der Waals surface area (Å²) in [6.07, 6.45) is 5.67. The molecule has 6 nitrogen and oxygen atoms in total. The van der Waals surface area contributed by atoms with Gasteiger partial charge in [0.05, 0.1) is 24.5 Å². The fraction of sp³-hybridized carbons (Fsp3) is 0.286. The monoisotopic (exact) mass is 379 g/mol. The Balaban J connectivity index is 1.88. The number of hydrogen-bond acceptors (Lipinski definition) is 5. The number of methoxy groups -OCH3 is 1. The summed E-state index contributed by atoms with van der Waals surface area (Å²) in [7, 11) is 1.65. The van der Waals surface area contributed by atoms with Gasteiger partial charge in [-0.25, -0.2) is 19.5 Å². The second kappa shape index (κ2) is 5.17. The van der Waals surface area contributed by atoms with Gasteiger partial charge in [-0.2, -0.15) is 5.10 Å². The molecule has 112 valence electrons. The number of imidazole rings is 1. The smallest absolute Gasteiger partial charge is 0.197 e. The van der Waals surface area contributed by atoms with Gasteiger partial charge in [-0.15, -0.1) is 0 Å². The molecular weight excluding hydrogens is 370 g/mol. The van der Waals surface area contributed by atoms with Gasteiger partial charge in [-0.1, -0.05) is 11.6 Å². The van der Waals surface area contributed by atoms with Gasteiger partial charge < -0.3 is 4.74 Å². The molecule has 8 heteroatoms. The Morgan fingerprint density at radius 2 is 2.18 bits per heavy atom. The lowest BCUT2D eigenvalue weighted by Crippen LogP contribution is -2.00. The van der Waals surface area contributed by atoms with Crippen molar-refractivity contribution >= 4 is 33.2 Å². The van der Waals surface area contributed by atoms with E-state index >= 15 is 0 Å². The molecule has 0 aromatic carbocycles. The number of ether oxygens (including phenoxy) is 1. The third-order valence-electron chi connectivity index (χ3n) is 3.58. The lowest BCUT2D eigenvalue weighted by molar-refractivity contribution is 0.405. The molecule has 4 rings (SSSR count). The molecule has 0 aliphatic heterocycles. The van der Waals surface area contributed by atoms with E-state index in [1.165, 1.54) is 0 Å². The van der Waals surface area contributed by atoms with Crippen molar-refractivity contribution in [1.29, 1.82) is 0 Å². The van der Waals surface area contributed by atoms with E-state index in [2.05, 4.69) is 36.0 Å². The second-order valence-corrected chi connectivity index (χ2v) is 6.25. The molecule has 0 atom stereocenters. The van der Waals surface area contributed by atoms with Gasteiger partial charge in [0.2, 0.25) is 0 Å². The second-order valence-electron chi connectivity index (χ2n) is 5.14. The maximum absolute atomic E-state index is 6.17. The van der Waals surface area contributed by atoms with Crippen molar-refractivity contribution in [2.24, 2.45) is 0 Å². The van der Waals surface area contributed by atoms with Crippen LogP contribution >= 0.6 is 27.5 Å². The topological polar surface area (TPSA) is 65.2 Å². The normalized spacial score (nSPS) is 14.5. The molecule has 1 aliphatic rings. The van der Waals surface area contributed by atoms with Crippen LogP contribution in [0.2, 0.25) is 5.02 Å². The van der Waals surface area contributed by atoms with Gasteiger partial charge in [-0.3, -0.25) is 0 Å². The van der Waals surface area contributed by atoms with Crippen LogP contribution in [-0.4, -0.2) is 31.7 Å². The first kappa shape index (κ1) is 13.9. The summed E-state index contributed by atoms with van der Waals surface area (Å²) in [5.74, 6) is 1.27.